The van der Waals surface area contributed by atoms with E-state index in [1.165, 1.54) is 54.1 Å². The number of alkyl halides is 3. The molecular weight excluding hydrogens is 458 g/mol. The SMILES string of the molecule is Cn1c(=O)c(C(N)=O)c(N2CCC(Oc3ccc(OC(F)(F)F)cc3)CC2)c2ccc(F)cc21. The standard InChI is InChI=1S/C23H21F4N3O4/c1-29-18-12-13(24)2-7-17(18)20(19(21(28)31)22(29)32)30-10-8-15(9-11-30)33-14-3-5-16(6-4-14)34-23(25,26)27/h2-7,12,15H,8-11H2,1H3,(H2,28,31). The lowest BCUT2D eigenvalue weighted by molar-refractivity contribution is -0.274. The molecule has 0 bridgehead atoms. The van der Waals surface area contributed by atoms with E-state index >= 15 is 0 Å². The molecule has 2 heterocycles. The fourth-order valence-corrected chi connectivity index (χ4v) is 4.16. The Hall–Kier alpha value is -3.76. The number of aromatic nitrogens is 1. The van der Waals surface area contributed by atoms with E-state index in [2.05, 4.69) is 4.74 Å². The van der Waals surface area contributed by atoms with Crippen LogP contribution < -0.4 is 25.7 Å². The molecule has 0 radical (unpaired) electrons. The average Bonchev–Trinajstić information content (AvgIpc) is 2.77. The fraction of sp³-hybridized carbons (Fsp3) is 0.304. The van der Waals surface area contributed by atoms with Crippen molar-refractivity contribution in [1.82, 2.24) is 4.57 Å². The Balaban J connectivity index is 1.54. The van der Waals surface area contributed by atoms with Crippen molar-refractivity contribution in [2.75, 3.05) is 18.0 Å². The summed E-state index contributed by atoms with van der Waals surface area (Å²) in [5, 5.41) is 0.525. The molecule has 1 aromatic heterocycles. The number of ether oxygens (including phenoxy) is 2. The number of anilines is 1. The summed E-state index contributed by atoms with van der Waals surface area (Å²) in [6.07, 6.45) is -3.99. The zero-order valence-electron chi connectivity index (χ0n) is 18.1. The Morgan fingerprint density at radius 3 is 2.26 bits per heavy atom. The Labute approximate surface area is 191 Å². The van der Waals surface area contributed by atoms with Gasteiger partial charge in [-0.15, -0.1) is 13.2 Å². The molecule has 1 aliphatic rings. The van der Waals surface area contributed by atoms with Crippen LogP contribution in [0, 0.1) is 5.82 Å². The first-order valence-corrected chi connectivity index (χ1v) is 10.4. The topological polar surface area (TPSA) is 86.8 Å². The number of carbonyl (C=O) groups is 1. The van der Waals surface area contributed by atoms with Gasteiger partial charge in [0.2, 0.25) is 0 Å². The number of hydrogen-bond donors (Lipinski definition) is 1. The molecule has 0 aliphatic carbocycles. The predicted molar refractivity (Wildman–Crippen MR) is 117 cm³/mol. The van der Waals surface area contributed by atoms with E-state index in [1.54, 1.807) is 0 Å². The maximum Gasteiger partial charge on any atom is 0.573 e. The van der Waals surface area contributed by atoms with Crippen LogP contribution in [0.1, 0.15) is 23.2 Å². The minimum atomic E-state index is -4.77. The van der Waals surface area contributed by atoms with Gasteiger partial charge in [0.05, 0.1) is 11.2 Å². The summed E-state index contributed by atoms with van der Waals surface area (Å²) < 4.78 is 61.7. The summed E-state index contributed by atoms with van der Waals surface area (Å²) in [5.74, 6) is -1.34. The molecule has 3 aromatic rings. The molecule has 1 saturated heterocycles. The van der Waals surface area contributed by atoms with E-state index in [0.717, 1.165) is 0 Å². The highest BCUT2D eigenvalue weighted by molar-refractivity contribution is 6.07. The van der Waals surface area contributed by atoms with Crippen molar-refractivity contribution in [2.45, 2.75) is 25.3 Å². The summed E-state index contributed by atoms with van der Waals surface area (Å²) in [6.45, 7) is 0.833. The van der Waals surface area contributed by atoms with Crippen LogP contribution in [-0.4, -0.2) is 36.0 Å². The number of benzene rings is 2. The minimum Gasteiger partial charge on any atom is -0.490 e. The second-order valence-electron chi connectivity index (χ2n) is 7.94. The van der Waals surface area contributed by atoms with Gasteiger partial charge < -0.3 is 24.7 Å². The largest absolute Gasteiger partial charge is 0.573 e. The van der Waals surface area contributed by atoms with E-state index in [4.69, 9.17) is 10.5 Å². The van der Waals surface area contributed by atoms with Gasteiger partial charge in [0.1, 0.15) is 29.0 Å². The van der Waals surface area contributed by atoms with Gasteiger partial charge in [-0.25, -0.2) is 4.39 Å². The summed E-state index contributed by atoms with van der Waals surface area (Å²) in [7, 11) is 1.45. The first-order chi connectivity index (χ1) is 16.0. The van der Waals surface area contributed by atoms with Crippen LogP contribution in [-0.2, 0) is 7.05 Å². The third-order valence-electron chi connectivity index (χ3n) is 5.70. The van der Waals surface area contributed by atoms with Gasteiger partial charge in [0.15, 0.2) is 0 Å². The lowest BCUT2D eigenvalue weighted by Crippen LogP contribution is -2.41. The molecule has 0 spiro atoms. The monoisotopic (exact) mass is 479 g/mol. The Kier molecular flexibility index (Phi) is 6.11. The second-order valence-corrected chi connectivity index (χ2v) is 7.94. The minimum absolute atomic E-state index is 0.166. The average molecular weight is 479 g/mol. The van der Waals surface area contributed by atoms with Crippen LogP contribution in [0.2, 0.25) is 0 Å². The highest BCUT2D eigenvalue weighted by Crippen LogP contribution is 2.32. The van der Waals surface area contributed by atoms with Crippen LogP contribution in [0.4, 0.5) is 23.2 Å². The Morgan fingerprint density at radius 2 is 1.68 bits per heavy atom. The van der Waals surface area contributed by atoms with Gasteiger partial charge in [-0.2, -0.15) is 0 Å². The van der Waals surface area contributed by atoms with E-state index in [-0.39, 0.29) is 17.4 Å². The zero-order valence-corrected chi connectivity index (χ0v) is 18.1. The molecule has 0 saturated carbocycles. The number of nitrogens with zero attached hydrogens (tertiary/aromatic N) is 2. The Bertz CT molecular complexity index is 1280. The van der Waals surface area contributed by atoms with Crippen molar-refractivity contribution >= 4 is 22.5 Å². The highest BCUT2D eigenvalue weighted by atomic mass is 19.4. The maximum atomic E-state index is 13.8. The second kappa shape index (κ2) is 8.88. The van der Waals surface area contributed by atoms with Gasteiger partial charge in [-0.1, -0.05) is 0 Å². The van der Waals surface area contributed by atoms with Gasteiger partial charge in [-0.05, 0) is 42.5 Å². The number of pyridine rings is 1. The molecular formula is C23H21F4N3O4. The summed E-state index contributed by atoms with van der Waals surface area (Å²) in [5.41, 5.74) is 5.45. The van der Waals surface area contributed by atoms with Crippen LogP contribution in [0.3, 0.4) is 0 Å². The molecule has 0 unspecified atom stereocenters. The lowest BCUT2D eigenvalue weighted by atomic mass is 10.0. The number of primary amides is 1. The highest BCUT2D eigenvalue weighted by Gasteiger charge is 2.31. The molecule has 2 N–H and O–H groups in total. The lowest BCUT2D eigenvalue weighted by Gasteiger charge is -2.35. The number of hydrogen-bond acceptors (Lipinski definition) is 5. The number of carbonyl (C=O) groups excluding carboxylic acids is 1. The van der Waals surface area contributed by atoms with Crippen LogP contribution in [0.5, 0.6) is 11.5 Å². The van der Waals surface area contributed by atoms with Gasteiger partial charge >= 0.3 is 6.36 Å². The number of fused-ring (bicyclic) bond motifs is 1. The van der Waals surface area contributed by atoms with Crippen LogP contribution >= 0.6 is 0 Å². The van der Waals surface area contributed by atoms with Gasteiger partial charge in [0, 0.05) is 38.4 Å². The molecule has 11 heteroatoms. The van der Waals surface area contributed by atoms with Crippen molar-refractivity contribution in [2.24, 2.45) is 12.8 Å². The molecule has 0 atom stereocenters. The van der Waals surface area contributed by atoms with Gasteiger partial charge in [0.25, 0.3) is 11.5 Å². The summed E-state index contributed by atoms with van der Waals surface area (Å²) in [6, 6.07) is 9.11. The smallest absolute Gasteiger partial charge is 0.490 e. The zero-order chi connectivity index (χ0) is 24.6. The first-order valence-electron chi connectivity index (χ1n) is 10.4. The molecule has 1 amide bonds. The van der Waals surface area contributed by atoms with Crippen LogP contribution in [0.25, 0.3) is 10.9 Å². The number of nitrogens with two attached hydrogens (primary N) is 1. The number of amides is 1. The molecule has 2 aromatic carbocycles. The first kappa shape index (κ1) is 23.4. The molecule has 1 fully saturated rings. The Morgan fingerprint density at radius 1 is 1.06 bits per heavy atom. The fourth-order valence-electron chi connectivity index (χ4n) is 4.16. The summed E-state index contributed by atoms with van der Waals surface area (Å²) in [4.78, 5) is 26.8. The van der Waals surface area contributed by atoms with Crippen molar-refractivity contribution in [1.29, 1.82) is 0 Å². The quantitative estimate of drug-likeness (QED) is 0.564. The van der Waals surface area contributed by atoms with E-state index in [1.807, 2.05) is 4.90 Å². The molecule has 180 valence electrons. The third-order valence-corrected chi connectivity index (χ3v) is 5.70. The number of rotatable bonds is 5. The maximum absolute atomic E-state index is 13.8. The third kappa shape index (κ3) is 4.78. The number of halogens is 4. The summed E-state index contributed by atoms with van der Waals surface area (Å²) >= 11 is 0. The van der Waals surface area contributed by atoms with Crippen molar-refractivity contribution < 1.29 is 31.8 Å². The predicted octanol–water partition coefficient (Wildman–Crippen LogP) is 3.72. The van der Waals surface area contributed by atoms with Crippen molar-refractivity contribution in [3.63, 3.8) is 0 Å². The normalized spacial score (nSPS) is 14.9. The van der Waals surface area contributed by atoms with E-state index in [9.17, 15) is 27.2 Å². The molecule has 1 aliphatic heterocycles. The van der Waals surface area contributed by atoms with E-state index < -0.39 is 23.6 Å². The van der Waals surface area contributed by atoms with Gasteiger partial charge in [-0.3, -0.25) is 9.59 Å². The van der Waals surface area contributed by atoms with Crippen molar-refractivity contribution in [3.8, 4) is 11.5 Å². The molecule has 34 heavy (non-hydrogen) atoms. The molecule has 7 nitrogen and oxygen atoms in total. The van der Waals surface area contributed by atoms with Crippen molar-refractivity contribution in [3.05, 3.63) is 64.2 Å². The molecule has 4 rings (SSSR count). The van der Waals surface area contributed by atoms with E-state index in [0.29, 0.717) is 48.3 Å². The van der Waals surface area contributed by atoms with Crippen LogP contribution in [0.15, 0.2) is 47.3 Å². The number of piperidine rings is 1. The number of aryl methyl sites for hydroxylation is 1.